The minimum Gasteiger partial charge on any atom is -0.489 e. The van der Waals surface area contributed by atoms with Crippen LogP contribution in [0.5, 0.6) is 11.6 Å². The van der Waals surface area contributed by atoms with E-state index in [0.717, 1.165) is 22.3 Å². The lowest BCUT2D eigenvalue weighted by atomic mass is 10.0. The summed E-state index contributed by atoms with van der Waals surface area (Å²) in [6.07, 6.45) is -1.58. The summed E-state index contributed by atoms with van der Waals surface area (Å²) in [5.74, 6) is 0.0726. The Morgan fingerprint density at radius 1 is 1.06 bits per heavy atom. The smallest absolute Gasteiger partial charge is 0.306 e. The third kappa shape index (κ3) is 7.66. The van der Waals surface area contributed by atoms with Gasteiger partial charge in [-0.3, -0.25) is 4.79 Å². The van der Waals surface area contributed by atoms with Gasteiger partial charge in [0.2, 0.25) is 5.88 Å². The van der Waals surface area contributed by atoms with Crippen LogP contribution in [0.15, 0.2) is 54.6 Å². The van der Waals surface area contributed by atoms with Crippen molar-refractivity contribution in [1.82, 2.24) is 4.98 Å². The molecule has 0 amide bonds. The second-order valence-electron chi connectivity index (χ2n) is 8.14. The Hall–Kier alpha value is -3.17. The highest BCUT2D eigenvalue weighted by Crippen LogP contribution is 2.32. The molecule has 1 aromatic heterocycles. The van der Waals surface area contributed by atoms with Crippen molar-refractivity contribution in [3.63, 3.8) is 0 Å². The van der Waals surface area contributed by atoms with Crippen LogP contribution < -0.4 is 9.47 Å². The molecular weight excluding hydrogens is 486 g/mol. The number of aromatic nitrogens is 1. The molecule has 3 N–H and O–H groups in total. The molecule has 0 aliphatic rings. The van der Waals surface area contributed by atoms with Gasteiger partial charge in [0.1, 0.15) is 25.1 Å². The molecule has 2 aromatic carbocycles. The number of hydrogen-bond donors (Lipinski definition) is 3. The minimum atomic E-state index is -0.968. The molecule has 0 bridgehead atoms. The fraction of sp³-hybridized carbons (Fsp3) is 0.333. The van der Waals surface area contributed by atoms with Crippen molar-refractivity contribution in [1.29, 1.82) is 0 Å². The Kier molecular flexibility index (Phi) is 10.1. The number of aryl methyl sites for hydroxylation is 1. The van der Waals surface area contributed by atoms with Crippen LogP contribution in [0.2, 0.25) is 5.02 Å². The summed E-state index contributed by atoms with van der Waals surface area (Å²) in [6, 6.07) is 16.4. The van der Waals surface area contributed by atoms with E-state index >= 15 is 0 Å². The maximum absolute atomic E-state index is 11.1. The number of halogens is 1. The number of aliphatic hydroxyl groups is 2. The monoisotopic (exact) mass is 515 g/mol. The second kappa shape index (κ2) is 13.2. The molecule has 3 rings (SSSR count). The number of hydrogen-bond acceptors (Lipinski definition) is 7. The Labute approximate surface area is 215 Å². The first kappa shape index (κ1) is 27.4. The number of carboxylic acids is 1. The van der Waals surface area contributed by atoms with E-state index in [1.54, 1.807) is 24.3 Å². The highest BCUT2D eigenvalue weighted by molar-refractivity contribution is 6.33. The fourth-order valence-corrected chi connectivity index (χ4v) is 3.80. The molecule has 2 atom stereocenters. The number of ether oxygens (including phenoxy) is 3. The average molecular weight is 516 g/mol. The summed E-state index contributed by atoms with van der Waals surface area (Å²) >= 11 is 6.48. The van der Waals surface area contributed by atoms with Gasteiger partial charge in [-0.1, -0.05) is 29.8 Å². The lowest BCUT2D eigenvalue weighted by molar-refractivity contribution is -0.140. The van der Waals surface area contributed by atoms with E-state index in [1.165, 1.54) is 0 Å². The SMILES string of the molecule is CCO[C@@H](CC(=O)O)c1ccc(OCc2ccc(Cl)c(-c3ccc(OCC(O)CO)nc3C)c2)cc1. The number of aliphatic hydroxyl groups excluding tert-OH is 2. The van der Waals surface area contributed by atoms with E-state index in [4.69, 9.17) is 36.0 Å². The van der Waals surface area contributed by atoms with Gasteiger partial charge < -0.3 is 29.5 Å². The average Bonchev–Trinajstić information content (AvgIpc) is 2.87. The van der Waals surface area contributed by atoms with Gasteiger partial charge in [-0.2, -0.15) is 0 Å². The molecule has 9 heteroatoms. The second-order valence-corrected chi connectivity index (χ2v) is 8.55. The molecule has 0 spiro atoms. The summed E-state index contributed by atoms with van der Waals surface area (Å²) in [7, 11) is 0. The number of aliphatic carboxylic acids is 1. The molecule has 1 heterocycles. The Balaban J connectivity index is 1.69. The number of nitrogens with zero attached hydrogens (tertiary/aromatic N) is 1. The van der Waals surface area contributed by atoms with E-state index in [-0.39, 0.29) is 19.6 Å². The first-order chi connectivity index (χ1) is 17.3. The summed E-state index contributed by atoms with van der Waals surface area (Å²) in [5, 5.41) is 28.0. The molecule has 0 saturated heterocycles. The van der Waals surface area contributed by atoms with Crippen LogP contribution >= 0.6 is 11.6 Å². The van der Waals surface area contributed by atoms with Gasteiger partial charge in [0, 0.05) is 34.5 Å². The maximum Gasteiger partial charge on any atom is 0.306 e. The number of carboxylic acid groups (broad SMARTS) is 1. The van der Waals surface area contributed by atoms with Crippen molar-refractivity contribution >= 4 is 17.6 Å². The normalized spacial score (nSPS) is 12.7. The summed E-state index contributed by atoms with van der Waals surface area (Å²) in [6.45, 7) is 3.96. The summed E-state index contributed by atoms with van der Waals surface area (Å²) < 4.78 is 16.9. The molecule has 0 aliphatic heterocycles. The lowest BCUT2D eigenvalue weighted by Gasteiger charge is -2.16. The number of pyridine rings is 1. The predicted octanol–water partition coefficient (Wildman–Crippen LogP) is 4.57. The van der Waals surface area contributed by atoms with Gasteiger partial charge in [0.15, 0.2) is 0 Å². The molecule has 0 saturated carbocycles. The van der Waals surface area contributed by atoms with Crippen LogP contribution in [0, 0.1) is 6.92 Å². The van der Waals surface area contributed by atoms with Gasteiger partial charge in [0.05, 0.1) is 19.1 Å². The molecule has 192 valence electrons. The third-order valence-electron chi connectivity index (χ3n) is 5.40. The zero-order chi connectivity index (χ0) is 26.1. The van der Waals surface area contributed by atoms with Crippen LogP contribution in [0.1, 0.15) is 36.3 Å². The predicted molar refractivity (Wildman–Crippen MR) is 135 cm³/mol. The summed E-state index contributed by atoms with van der Waals surface area (Å²) in [4.78, 5) is 15.5. The van der Waals surface area contributed by atoms with Crippen molar-refractivity contribution in [3.8, 4) is 22.8 Å². The van der Waals surface area contributed by atoms with Crippen molar-refractivity contribution in [2.24, 2.45) is 0 Å². The topological polar surface area (TPSA) is 118 Å². The molecule has 0 radical (unpaired) electrons. The van der Waals surface area contributed by atoms with Crippen molar-refractivity contribution in [2.75, 3.05) is 19.8 Å². The van der Waals surface area contributed by atoms with E-state index in [1.807, 2.05) is 44.2 Å². The van der Waals surface area contributed by atoms with E-state index in [0.29, 0.717) is 35.6 Å². The number of carbonyl (C=O) groups is 1. The van der Waals surface area contributed by atoms with Crippen LogP contribution in [0.25, 0.3) is 11.1 Å². The number of benzene rings is 2. The first-order valence-electron chi connectivity index (χ1n) is 11.5. The lowest BCUT2D eigenvalue weighted by Crippen LogP contribution is -2.21. The van der Waals surface area contributed by atoms with E-state index in [2.05, 4.69) is 4.98 Å². The van der Waals surface area contributed by atoms with Crippen LogP contribution in [-0.2, 0) is 16.1 Å². The summed E-state index contributed by atoms with van der Waals surface area (Å²) in [5.41, 5.74) is 4.02. The number of rotatable bonds is 13. The quantitative estimate of drug-likeness (QED) is 0.303. The van der Waals surface area contributed by atoms with Crippen molar-refractivity contribution in [3.05, 3.63) is 76.4 Å². The largest absolute Gasteiger partial charge is 0.489 e. The van der Waals surface area contributed by atoms with Crippen molar-refractivity contribution < 1.29 is 34.3 Å². The highest BCUT2D eigenvalue weighted by atomic mass is 35.5. The van der Waals surface area contributed by atoms with Gasteiger partial charge in [-0.25, -0.2) is 4.98 Å². The van der Waals surface area contributed by atoms with Gasteiger partial charge in [-0.05, 0) is 55.3 Å². The molecule has 0 aliphatic carbocycles. The molecule has 1 unspecified atom stereocenters. The van der Waals surface area contributed by atoms with Gasteiger partial charge in [-0.15, -0.1) is 0 Å². The fourth-order valence-electron chi connectivity index (χ4n) is 3.58. The van der Waals surface area contributed by atoms with Gasteiger partial charge in [0.25, 0.3) is 0 Å². The van der Waals surface area contributed by atoms with Crippen LogP contribution in [-0.4, -0.2) is 52.2 Å². The molecule has 3 aromatic rings. The van der Waals surface area contributed by atoms with Crippen molar-refractivity contribution in [2.45, 2.75) is 39.1 Å². The molecular formula is C27H30ClNO7. The maximum atomic E-state index is 11.1. The molecule has 0 fully saturated rings. The zero-order valence-electron chi connectivity index (χ0n) is 20.2. The van der Waals surface area contributed by atoms with Gasteiger partial charge >= 0.3 is 5.97 Å². The van der Waals surface area contributed by atoms with E-state index < -0.39 is 18.2 Å². The molecule has 36 heavy (non-hydrogen) atoms. The molecule has 8 nitrogen and oxygen atoms in total. The van der Waals surface area contributed by atoms with E-state index in [9.17, 15) is 9.90 Å². The van der Waals surface area contributed by atoms with Crippen LogP contribution in [0.3, 0.4) is 0 Å². The van der Waals surface area contributed by atoms with Crippen LogP contribution in [0.4, 0.5) is 0 Å². The third-order valence-corrected chi connectivity index (χ3v) is 5.73. The Bertz CT molecular complexity index is 1150. The Morgan fingerprint density at radius 3 is 2.44 bits per heavy atom. The highest BCUT2D eigenvalue weighted by Gasteiger charge is 2.16. The zero-order valence-corrected chi connectivity index (χ0v) is 20.9. The minimum absolute atomic E-state index is 0.0529. The first-order valence-corrected chi connectivity index (χ1v) is 11.9. The standard InChI is InChI=1S/C27H30ClNO7/c1-3-34-25(13-27(32)33)19-5-7-21(8-6-19)35-15-18-4-10-24(28)23(12-18)22-9-11-26(29-17(22)2)36-16-20(31)14-30/h4-12,20,25,30-31H,3,13-16H2,1-2H3,(H,32,33)/t20?,25-/m0/s1. The Morgan fingerprint density at radius 2 is 1.81 bits per heavy atom.